The number of H-pyrrole nitrogens is 1. The summed E-state index contributed by atoms with van der Waals surface area (Å²) in [7, 11) is 4.54. The topological polar surface area (TPSA) is 106 Å². The molecule has 1 amide bonds. The number of aliphatic hydroxyl groups excluding tert-OH is 1. The van der Waals surface area contributed by atoms with Gasteiger partial charge in [0.2, 0.25) is 5.75 Å². The third kappa shape index (κ3) is 5.08. The summed E-state index contributed by atoms with van der Waals surface area (Å²) >= 11 is 0. The minimum Gasteiger partial charge on any atom is -0.493 e. The maximum absolute atomic E-state index is 14.3. The smallest absolute Gasteiger partial charge is 0.252 e. The van der Waals surface area contributed by atoms with Crippen LogP contribution in [0.25, 0.3) is 33.1 Å². The van der Waals surface area contributed by atoms with Crippen LogP contribution in [0.4, 0.5) is 4.39 Å². The number of pyridine rings is 1. The Kier molecular flexibility index (Phi) is 7.33. The van der Waals surface area contributed by atoms with Gasteiger partial charge in [0.05, 0.1) is 50.8 Å². The largest absolute Gasteiger partial charge is 0.493 e. The number of nitrogens with zero attached hydrogens (tertiary/aromatic N) is 1. The van der Waals surface area contributed by atoms with Gasteiger partial charge in [0, 0.05) is 28.0 Å². The molecule has 5 rings (SSSR count). The molecule has 8 nitrogen and oxygen atoms in total. The molecule has 0 saturated heterocycles. The molecule has 0 aliphatic heterocycles. The van der Waals surface area contributed by atoms with E-state index in [9.17, 15) is 14.3 Å². The molecule has 200 valence electrons. The number of aromatic nitrogens is 2. The van der Waals surface area contributed by atoms with E-state index in [1.54, 1.807) is 18.2 Å². The van der Waals surface area contributed by atoms with Gasteiger partial charge in [-0.25, -0.2) is 9.37 Å². The Labute approximate surface area is 224 Å². The number of hydrogen-bond donors (Lipinski definition) is 3. The van der Waals surface area contributed by atoms with Crippen molar-refractivity contribution in [3.05, 3.63) is 83.8 Å². The summed E-state index contributed by atoms with van der Waals surface area (Å²) < 4.78 is 30.6. The molecule has 0 aliphatic carbocycles. The molecule has 0 radical (unpaired) electrons. The van der Waals surface area contributed by atoms with E-state index in [0.717, 1.165) is 16.5 Å². The van der Waals surface area contributed by atoms with Crippen LogP contribution in [-0.4, -0.2) is 55.0 Å². The number of benzene rings is 3. The first kappa shape index (κ1) is 26.0. The monoisotopic (exact) mass is 529 g/mol. The second-order valence-electron chi connectivity index (χ2n) is 9.05. The number of fused-ring (bicyclic) bond motifs is 2. The number of amides is 1. The van der Waals surface area contributed by atoms with Gasteiger partial charge < -0.3 is 29.6 Å². The van der Waals surface area contributed by atoms with Crippen molar-refractivity contribution in [2.75, 3.05) is 27.9 Å². The number of halogens is 1. The minimum absolute atomic E-state index is 0.223. The predicted molar refractivity (Wildman–Crippen MR) is 147 cm³/mol. The SMILES string of the molecule is COc1cc(-c2cc(C(=O)NC(CO)Cc3c[nH]c4ccccc34)c3cc(F)ccc3n2)cc(OC)c1OC. The summed E-state index contributed by atoms with van der Waals surface area (Å²) in [4.78, 5) is 21.5. The molecule has 2 heterocycles. The molecule has 39 heavy (non-hydrogen) atoms. The maximum Gasteiger partial charge on any atom is 0.252 e. The highest BCUT2D eigenvalue weighted by molar-refractivity contribution is 6.07. The molecule has 3 aromatic carbocycles. The zero-order valence-corrected chi connectivity index (χ0v) is 21.7. The normalized spacial score (nSPS) is 11.9. The number of carbonyl (C=O) groups is 1. The number of hydrogen-bond acceptors (Lipinski definition) is 6. The quantitative estimate of drug-likeness (QED) is 0.251. The summed E-state index contributed by atoms with van der Waals surface area (Å²) in [6.07, 6.45) is 2.28. The van der Waals surface area contributed by atoms with E-state index in [0.29, 0.717) is 45.8 Å². The van der Waals surface area contributed by atoms with Gasteiger partial charge in [-0.15, -0.1) is 0 Å². The summed E-state index contributed by atoms with van der Waals surface area (Å²) in [6.45, 7) is -0.275. The lowest BCUT2D eigenvalue weighted by Crippen LogP contribution is -2.39. The molecule has 1 unspecified atom stereocenters. The van der Waals surface area contributed by atoms with E-state index in [-0.39, 0.29) is 12.2 Å². The number of aliphatic hydroxyl groups is 1. The lowest BCUT2D eigenvalue weighted by atomic mass is 10.0. The van der Waals surface area contributed by atoms with E-state index < -0.39 is 17.8 Å². The predicted octanol–water partition coefficient (Wildman–Crippen LogP) is 4.88. The Bertz CT molecular complexity index is 1640. The average Bonchev–Trinajstić information content (AvgIpc) is 3.37. The number of rotatable bonds is 9. The van der Waals surface area contributed by atoms with Crippen LogP contribution < -0.4 is 19.5 Å². The number of para-hydroxylation sites is 1. The maximum atomic E-state index is 14.3. The fourth-order valence-corrected chi connectivity index (χ4v) is 4.75. The van der Waals surface area contributed by atoms with Crippen molar-refractivity contribution in [2.45, 2.75) is 12.5 Å². The standard InChI is InChI=1S/C30H28FN3O5/c1-37-27-11-17(12-28(38-2)29(27)39-3)26-14-23(22-13-19(31)8-9-25(22)34-26)30(36)33-20(16-35)10-18-15-32-24-7-5-4-6-21(18)24/h4-9,11-15,20,32,35H,10,16H2,1-3H3,(H,33,36). The molecule has 3 N–H and O–H groups in total. The van der Waals surface area contributed by atoms with Gasteiger partial charge in [0.15, 0.2) is 11.5 Å². The van der Waals surface area contributed by atoms with E-state index in [1.165, 1.54) is 39.5 Å². The number of aromatic amines is 1. The van der Waals surface area contributed by atoms with Crippen LogP contribution in [0.3, 0.4) is 0 Å². The Morgan fingerprint density at radius 1 is 1.00 bits per heavy atom. The highest BCUT2D eigenvalue weighted by Gasteiger charge is 2.21. The second-order valence-corrected chi connectivity index (χ2v) is 9.05. The summed E-state index contributed by atoms with van der Waals surface area (Å²) in [6, 6.07) is 16.4. The highest BCUT2D eigenvalue weighted by atomic mass is 19.1. The van der Waals surface area contributed by atoms with Gasteiger partial charge >= 0.3 is 0 Å². The lowest BCUT2D eigenvalue weighted by Gasteiger charge is -2.18. The summed E-state index contributed by atoms with van der Waals surface area (Å²) in [5.41, 5.74) is 3.67. The van der Waals surface area contributed by atoms with E-state index in [1.807, 2.05) is 30.5 Å². The van der Waals surface area contributed by atoms with Crippen LogP contribution in [0.5, 0.6) is 17.2 Å². The minimum atomic E-state index is -0.571. The van der Waals surface area contributed by atoms with Crippen molar-refractivity contribution in [2.24, 2.45) is 0 Å². The highest BCUT2D eigenvalue weighted by Crippen LogP contribution is 2.41. The van der Waals surface area contributed by atoms with Gasteiger partial charge in [0.1, 0.15) is 5.82 Å². The molecule has 0 saturated carbocycles. The van der Waals surface area contributed by atoms with Gasteiger partial charge in [-0.1, -0.05) is 18.2 Å². The average molecular weight is 530 g/mol. The molecule has 0 fully saturated rings. The first-order valence-corrected chi connectivity index (χ1v) is 12.3. The summed E-state index contributed by atoms with van der Waals surface area (Å²) in [5, 5.41) is 14.4. The van der Waals surface area contributed by atoms with Gasteiger partial charge in [0.25, 0.3) is 5.91 Å². The van der Waals surface area contributed by atoms with Crippen molar-refractivity contribution in [1.29, 1.82) is 0 Å². The van der Waals surface area contributed by atoms with E-state index >= 15 is 0 Å². The van der Waals surface area contributed by atoms with Crippen LogP contribution in [0.2, 0.25) is 0 Å². The fraction of sp³-hybridized carbons (Fsp3) is 0.200. The molecule has 0 aliphatic rings. The van der Waals surface area contributed by atoms with E-state index in [4.69, 9.17) is 14.2 Å². The van der Waals surface area contributed by atoms with Crippen molar-refractivity contribution >= 4 is 27.7 Å². The fourth-order valence-electron chi connectivity index (χ4n) is 4.75. The zero-order chi connectivity index (χ0) is 27.5. The van der Waals surface area contributed by atoms with Crippen molar-refractivity contribution in [3.63, 3.8) is 0 Å². The van der Waals surface area contributed by atoms with Crippen molar-refractivity contribution < 1.29 is 28.5 Å². The van der Waals surface area contributed by atoms with Gasteiger partial charge in [-0.05, 0) is 54.4 Å². The molecule has 9 heteroatoms. The Hall–Kier alpha value is -4.63. The van der Waals surface area contributed by atoms with Crippen molar-refractivity contribution in [1.82, 2.24) is 15.3 Å². The molecular formula is C30H28FN3O5. The Morgan fingerprint density at radius 2 is 1.74 bits per heavy atom. The first-order valence-electron chi connectivity index (χ1n) is 12.3. The number of methoxy groups -OCH3 is 3. The second kappa shape index (κ2) is 11.0. The molecule has 0 spiro atoms. The first-order chi connectivity index (χ1) is 18.9. The van der Waals surface area contributed by atoms with Crippen LogP contribution in [0.15, 0.2) is 66.9 Å². The van der Waals surface area contributed by atoms with Gasteiger partial charge in [-0.3, -0.25) is 4.79 Å². The third-order valence-corrected chi connectivity index (χ3v) is 6.67. The molecule has 1 atom stereocenters. The van der Waals surface area contributed by atoms with Crippen LogP contribution >= 0.6 is 0 Å². The third-order valence-electron chi connectivity index (χ3n) is 6.67. The number of nitrogens with one attached hydrogen (secondary N) is 2. The summed E-state index contributed by atoms with van der Waals surface area (Å²) in [5.74, 6) is 0.334. The van der Waals surface area contributed by atoms with Gasteiger partial charge in [-0.2, -0.15) is 0 Å². The van der Waals surface area contributed by atoms with Crippen LogP contribution in [0, 0.1) is 5.82 Å². The van der Waals surface area contributed by atoms with Crippen LogP contribution in [-0.2, 0) is 6.42 Å². The molecular weight excluding hydrogens is 501 g/mol. The van der Waals surface area contributed by atoms with E-state index in [2.05, 4.69) is 15.3 Å². The zero-order valence-electron chi connectivity index (χ0n) is 21.7. The molecule has 0 bridgehead atoms. The van der Waals surface area contributed by atoms with Crippen LogP contribution in [0.1, 0.15) is 15.9 Å². The Balaban J connectivity index is 1.54. The lowest BCUT2D eigenvalue weighted by molar-refractivity contribution is 0.0918. The molecule has 5 aromatic rings. The van der Waals surface area contributed by atoms with Crippen molar-refractivity contribution in [3.8, 4) is 28.5 Å². The number of carbonyl (C=O) groups excluding carboxylic acids is 1. The number of ether oxygens (including phenoxy) is 3. The molecule has 2 aromatic heterocycles. The Morgan fingerprint density at radius 3 is 2.44 bits per heavy atom.